The number of halogens is 1. The van der Waals surface area contributed by atoms with Crippen LogP contribution in [0.25, 0.3) is 0 Å². The average molecular weight is 178 g/mol. The molecular formula is C8H15FO3. The molecular weight excluding hydrogens is 163 g/mol. The Bertz CT molecular complexity index is 136. The molecule has 0 heterocycles. The number of carbonyl (C=O) groups is 1. The summed E-state index contributed by atoms with van der Waals surface area (Å²) in [6.45, 7) is 5.53. The summed E-state index contributed by atoms with van der Waals surface area (Å²) in [5.74, 6) is -0.831. The van der Waals surface area contributed by atoms with Crippen molar-refractivity contribution in [3.63, 3.8) is 0 Å². The van der Waals surface area contributed by atoms with Crippen LogP contribution in [0.4, 0.5) is 4.39 Å². The molecule has 0 saturated heterocycles. The van der Waals surface area contributed by atoms with Crippen LogP contribution in [-0.4, -0.2) is 31.5 Å². The summed E-state index contributed by atoms with van der Waals surface area (Å²) in [7, 11) is 0. The van der Waals surface area contributed by atoms with Crippen LogP contribution in [0.3, 0.4) is 0 Å². The Morgan fingerprint density at radius 2 is 2.08 bits per heavy atom. The van der Waals surface area contributed by atoms with Gasteiger partial charge in [-0.05, 0) is 20.8 Å². The minimum Gasteiger partial charge on any atom is -0.458 e. The van der Waals surface area contributed by atoms with Gasteiger partial charge in [-0.3, -0.25) is 0 Å². The molecule has 0 rings (SSSR count). The van der Waals surface area contributed by atoms with Crippen molar-refractivity contribution in [3.8, 4) is 0 Å². The van der Waals surface area contributed by atoms with Crippen LogP contribution in [0.1, 0.15) is 20.8 Å². The maximum atomic E-state index is 12.3. The summed E-state index contributed by atoms with van der Waals surface area (Å²) in [6, 6.07) is 0. The van der Waals surface area contributed by atoms with E-state index in [0.717, 1.165) is 6.92 Å². The first-order valence-electron chi connectivity index (χ1n) is 4.00. The Balaban J connectivity index is 3.54. The minimum absolute atomic E-state index is 0.314. The fraction of sp³-hybridized carbons (Fsp3) is 0.875. The van der Waals surface area contributed by atoms with E-state index in [1.807, 2.05) is 6.92 Å². The van der Waals surface area contributed by atoms with Crippen LogP contribution in [0, 0.1) is 0 Å². The summed E-state index contributed by atoms with van der Waals surface area (Å²) < 4.78 is 21.9. The number of hydrogen-bond acceptors (Lipinski definition) is 3. The zero-order valence-electron chi connectivity index (χ0n) is 7.67. The summed E-state index contributed by atoms with van der Waals surface area (Å²) in [6.07, 6.45) is -1.94. The molecule has 0 amide bonds. The summed E-state index contributed by atoms with van der Waals surface area (Å²) in [5, 5.41) is 0. The van der Waals surface area contributed by atoms with E-state index in [9.17, 15) is 9.18 Å². The van der Waals surface area contributed by atoms with Gasteiger partial charge in [-0.2, -0.15) is 0 Å². The second-order valence-electron chi connectivity index (χ2n) is 2.52. The fourth-order valence-electron chi connectivity index (χ4n) is 0.610. The monoisotopic (exact) mass is 178 g/mol. The van der Waals surface area contributed by atoms with E-state index in [-0.39, 0.29) is 6.10 Å². The third-order valence-corrected chi connectivity index (χ3v) is 1.20. The molecule has 0 fully saturated rings. The molecule has 0 aromatic carbocycles. The summed E-state index contributed by atoms with van der Waals surface area (Å²) >= 11 is 0. The summed E-state index contributed by atoms with van der Waals surface area (Å²) in [4.78, 5) is 10.7. The van der Waals surface area contributed by atoms with Gasteiger partial charge in [-0.25, -0.2) is 9.18 Å². The standard InChI is InChI=1S/C8H15FO3/c1-4-11-5-6(2)12-8(10)7(3)9/h6-7H,4-5H2,1-3H3. The van der Waals surface area contributed by atoms with Crippen molar-refractivity contribution in [2.24, 2.45) is 0 Å². The van der Waals surface area contributed by atoms with Crippen molar-refractivity contribution >= 4 is 5.97 Å². The van der Waals surface area contributed by atoms with Gasteiger partial charge in [0.25, 0.3) is 0 Å². The zero-order valence-corrected chi connectivity index (χ0v) is 7.67. The molecule has 72 valence electrons. The Morgan fingerprint density at radius 1 is 1.50 bits per heavy atom. The molecule has 0 radical (unpaired) electrons. The SMILES string of the molecule is CCOCC(C)OC(=O)C(C)F. The molecule has 0 spiro atoms. The molecule has 0 saturated carbocycles. The smallest absolute Gasteiger partial charge is 0.340 e. The van der Waals surface area contributed by atoms with Crippen LogP contribution in [0.15, 0.2) is 0 Å². The van der Waals surface area contributed by atoms with Gasteiger partial charge < -0.3 is 9.47 Å². The lowest BCUT2D eigenvalue weighted by molar-refractivity contribution is -0.156. The molecule has 4 heteroatoms. The Morgan fingerprint density at radius 3 is 2.50 bits per heavy atom. The quantitative estimate of drug-likeness (QED) is 0.595. The highest BCUT2D eigenvalue weighted by molar-refractivity contribution is 5.74. The van der Waals surface area contributed by atoms with Gasteiger partial charge in [0.05, 0.1) is 6.61 Å². The molecule has 0 aliphatic carbocycles. The first-order valence-corrected chi connectivity index (χ1v) is 4.00. The molecule has 0 aromatic heterocycles. The second-order valence-corrected chi connectivity index (χ2v) is 2.52. The fourth-order valence-corrected chi connectivity index (χ4v) is 0.610. The molecule has 0 N–H and O–H groups in total. The Labute approximate surface area is 71.8 Å². The first-order chi connectivity index (χ1) is 5.57. The Kier molecular flexibility index (Phi) is 5.62. The van der Waals surface area contributed by atoms with Crippen molar-refractivity contribution in [2.45, 2.75) is 33.0 Å². The number of esters is 1. The molecule has 0 aromatic rings. The predicted molar refractivity (Wildman–Crippen MR) is 42.6 cm³/mol. The Hall–Kier alpha value is -0.640. The van der Waals surface area contributed by atoms with Crippen LogP contribution in [-0.2, 0) is 14.3 Å². The number of carbonyl (C=O) groups excluding carboxylic acids is 1. The average Bonchev–Trinajstić information content (AvgIpc) is 2.00. The molecule has 0 aliphatic rings. The highest BCUT2D eigenvalue weighted by Gasteiger charge is 2.15. The van der Waals surface area contributed by atoms with E-state index in [2.05, 4.69) is 4.74 Å². The first kappa shape index (κ1) is 11.4. The van der Waals surface area contributed by atoms with E-state index in [4.69, 9.17) is 4.74 Å². The zero-order chi connectivity index (χ0) is 9.56. The third kappa shape index (κ3) is 5.07. The number of ether oxygens (including phenoxy) is 2. The van der Waals surface area contributed by atoms with Crippen LogP contribution >= 0.6 is 0 Å². The lowest BCUT2D eigenvalue weighted by Crippen LogP contribution is -2.24. The maximum Gasteiger partial charge on any atom is 0.340 e. The molecule has 3 nitrogen and oxygen atoms in total. The predicted octanol–water partition coefficient (Wildman–Crippen LogP) is 1.31. The highest BCUT2D eigenvalue weighted by Crippen LogP contribution is 1.98. The van der Waals surface area contributed by atoms with Gasteiger partial charge in [0.15, 0.2) is 6.17 Å². The molecule has 12 heavy (non-hydrogen) atoms. The normalized spacial score (nSPS) is 15.3. The van der Waals surface area contributed by atoms with E-state index in [0.29, 0.717) is 13.2 Å². The molecule has 0 bridgehead atoms. The van der Waals surface area contributed by atoms with Gasteiger partial charge in [0, 0.05) is 6.61 Å². The van der Waals surface area contributed by atoms with E-state index in [1.54, 1.807) is 6.92 Å². The van der Waals surface area contributed by atoms with E-state index >= 15 is 0 Å². The largest absolute Gasteiger partial charge is 0.458 e. The molecule has 2 unspecified atom stereocenters. The van der Waals surface area contributed by atoms with Gasteiger partial charge in [-0.1, -0.05) is 0 Å². The van der Waals surface area contributed by atoms with Crippen molar-refractivity contribution in [2.75, 3.05) is 13.2 Å². The number of rotatable bonds is 5. The highest BCUT2D eigenvalue weighted by atomic mass is 19.1. The van der Waals surface area contributed by atoms with Gasteiger partial charge in [-0.15, -0.1) is 0 Å². The van der Waals surface area contributed by atoms with Crippen molar-refractivity contribution < 1.29 is 18.7 Å². The molecule has 0 aliphatic heterocycles. The van der Waals surface area contributed by atoms with Crippen LogP contribution < -0.4 is 0 Å². The topological polar surface area (TPSA) is 35.5 Å². The third-order valence-electron chi connectivity index (χ3n) is 1.20. The van der Waals surface area contributed by atoms with Crippen molar-refractivity contribution in [1.29, 1.82) is 0 Å². The van der Waals surface area contributed by atoms with E-state index in [1.165, 1.54) is 0 Å². The van der Waals surface area contributed by atoms with Crippen LogP contribution in [0.2, 0.25) is 0 Å². The molecule has 2 atom stereocenters. The lowest BCUT2D eigenvalue weighted by Gasteiger charge is -2.12. The van der Waals surface area contributed by atoms with Gasteiger partial charge in [0.2, 0.25) is 0 Å². The van der Waals surface area contributed by atoms with Gasteiger partial charge >= 0.3 is 5.97 Å². The van der Waals surface area contributed by atoms with Crippen LogP contribution in [0.5, 0.6) is 0 Å². The van der Waals surface area contributed by atoms with E-state index < -0.39 is 12.1 Å². The lowest BCUT2D eigenvalue weighted by atomic mass is 10.4. The van der Waals surface area contributed by atoms with Crippen molar-refractivity contribution in [1.82, 2.24) is 0 Å². The number of hydrogen-bond donors (Lipinski definition) is 0. The van der Waals surface area contributed by atoms with Crippen molar-refractivity contribution in [3.05, 3.63) is 0 Å². The minimum atomic E-state index is -1.56. The van der Waals surface area contributed by atoms with Gasteiger partial charge in [0.1, 0.15) is 6.10 Å². The second kappa shape index (κ2) is 5.94. The summed E-state index contributed by atoms with van der Waals surface area (Å²) in [5.41, 5.74) is 0. The maximum absolute atomic E-state index is 12.3. The number of alkyl halides is 1.